The van der Waals surface area contributed by atoms with E-state index in [-0.39, 0.29) is 35.5 Å². The van der Waals surface area contributed by atoms with Crippen LogP contribution in [0.3, 0.4) is 0 Å². The SMILES string of the molecule is CN=C(NCC1(C)COC1)NC1CCN(C(=O)OC)CC1.I. The Balaban J connectivity index is 0.00000242. The maximum Gasteiger partial charge on any atom is 0.409 e. The van der Waals surface area contributed by atoms with E-state index in [0.717, 1.165) is 38.6 Å². The van der Waals surface area contributed by atoms with Crippen LogP contribution in [0, 0.1) is 5.41 Å². The third-order valence-electron chi connectivity index (χ3n) is 4.08. The fraction of sp³-hybridized carbons (Fsp3) is 0.857. The van der Waals surface area contributed by atoms with Crippen molar-refractivity contribution in [2.24, 2.45) is 10.4 Å². The smallest absolute Gasteiger partial charge is 0.409 e. The zero-order chi connectivity index (χ0) is 15.3. The number of amides is 1. The minimum Gasteiger partial charge on any atom is -0.453 e. The number of rotatable bonds is 3. The van der Waals surface area contributed by atoms with Crippen molar-refractivity contribution in [2.75, 3.05) is 47.0 Å². The summed E-state index contributed by atoms with van der Waals surface area (Å²) in [5.41, 5.74) is 0.214. The quantitative estimate of drug-likeness (QED) is 0.401. The van der Waals surface area contributed by atoms with Crippen LogP contribution >= 0.6 is 24.0 Å². The van der Waals surface area contributed by atoms with E-state index < -0.39 is 0 Å². The van der Waals surface area contributed by atoms with Gasteiger partial charge in [0.05, 0.1) is 20.3 Å². The molecule has 0 aromatic rings. The number of hydrogen-bond donors (Lipinski definition) is 2. The lowest BCUT2D eigenvalue weighted by molar-refractivity contribution is -0.0971. The van der Waals surface area contributed by atoms with Crippen molar-refractivity contribution >= 4 is 36.0 Å². The standard InChI is InChI=1S/C14H26N4O3.HI/c1-14(9-21-10-14)8-16-12(15-2)17-11-4-6-18(7-5-11)13(19)20-3;/h11H,4-10H2,1-3H3,(H2,15,16,17);1H. The normalized spacial score (nSPS) is 21.4. The van der Waals surface area contributed by atoms with Crippen molar-refractivity contribution in [3.63, 3.8) is 0 Å². The molecule has 8 heteroatoms. The number of likely N-dealkylation sites (tertiary alicyclic amines) is 1. The molecule has 0 bridgehead atoms. The largest absolute Gasteiger partial charge is 0.453 e. The van der Waals surface area contributed by atoms with Gasteiger partial charge in [0.2, 0.25) is 0 Å². The zero-order valence-corrected chi connectivity index (χ0v) is 15.9. The summed E-state index contributed by atoms with van der Waals surface area (Å²) >= 11 is 0. The van der Waals surface area contributed by atoms with Gasteiger partial charge in [-0.3, -0.25) is 4.99 Å². The number of methoxy groups -OCH3 is 1. The number of aliphatic imine (C=N–C) groups is 1. The molecular formula is C14H27IN4O3. The zero-order valence-electron chi connectivity index (χ0n) is 13.6. The number of piperidine rings is 1. The van der Waals surface area contributed by atoms with Crippen LogP contribution in [-0.4, -0.2) is 70.0 Å². The van der Waals surface area contributed by atoms with Gasteiger partial charge in [0.15, 0.2) is 5.96 Å². The molecule has 2 aliphatic rings. The van der Waals surface area contributed by atoms with E-state index in [0.29, 0.717) is 19.1 Å². The Kier molecular flexibility index (Phi) is 7.67. The highest BCUT2D eigenvalue weighted by molar-refractivity contribution is 14.0. The second kappa shape index (κ2) is 8.76. The van der Waals surface area contributed by atoms with Crippen LogP contribution in [0.4, 0.5) is 4.79 Å². The molecule has 1 amide bonds. The van der Waals surface area contributed by atoms with Crippen LogP contribution in [0.5, 0.6) is 0 Å². The molecule has 128 valence electrons. The molecule has 2 heterocycles. The summed E-state index contributed by atoms with van der Waals surface area (Å²) in [5, 5.41) is 6.78. The Hall–Kier alpha value is -0.770. The lowest BCUT2D eigenvalue weighted by Crippen LogP contribution is -2.54. The van der Waals surface area contributed by atoms with Gasteiger partial charge in [0.25, 0.3) is 0 Å². The number of carbonyl (C=O) groups is 1. The summed E-state index contributed by atoms with van der Waals surface area (Å²) < 4.78 is 9.99. The van der Waals surface area contributed by atoms with Crippen molar-refractivity contribution in [3.8, 4) is 0 Å². The Labute approximate surface area is 149 Å². The Bertz CT molecular complexity index is 394. The van der Waals surface area contributed by atoms with Gasteiger partial charge in [-0.1, -0.05) is 6.92 Å². The van der Waals surface area contributed by atoms with Gasteiger partial charge in [0.1, 0.15) is 0 Å². The second-order valence-corrected chi connectivity index (χ2v) is 6.10. The maximum absolute atomic E-state index is 11.4. The fourth-order valence-electron chi connectivity index (χ4n) is 2.57. The molecule has 0 atom stereocenters. The number of ether oxygens (including phenoxy) is 2. The minimum absolute atomic E-state index is 0. The number of halogens is 1. The molecule has 0 saturated carbocycles. The Morgan fingerprint density at radius 1 is 1.41 bits per heavy atom. The monoisotopic (exact) mass is 426 g/mol. The van der Waals surface area contributed by atoms with E-state index in [4.69, 9.17) is 9.47 Å². The maximum atomic E-state index is 11.4. The van der Waals surface area contributed by atoms with E-state index in [1.54, 1.807) is 11.9 Å². The topological polar surface area (TPSA) is 75.2 Å². The number of nitrogens with one attached hydrogen (secondary N) is 2. The van der Waals surface area contributed by atoms with E-state index in [2.05, 4.69) is 22.5 Å². The highest BCUT2D eigenvalue weighted by atomic mass is 127. The predicted molar refractivity (Wildman–Crippen MR) is 95.8 cm³/mol. The van der Waals surface area contributed by atoms with Gasteiger partial charge in [0, 0.05) is 38.1 Å². The number of carbonyl (C=O) groups excluding carboxylic acids is 1. The molecule has 2 saturated heterocycles. The van der Waals surface area contributed by atoms with E-state index in [1.807, 2.05) is 0 Å². The third-order valence-corrected chi connectivity index (χ3v) is 4.08. The third kappa shape index (κ3) is 5.15. The summed E-state index contributed by atoms with van der Waals surface area (Å²) in [7, 11) is 3.20. The Morgan fingerprint density at radius 2 is 2.05 bits per heavy atom. The Morgan fingerprint density at radius 3 is 2.50 bits per heavy atom. The molecule has 7 nitrogen and oxygen atoms in total. The number of guanidine groups is 1. The van der Waals surface area contributed by atoms with Crippen LogP contribution in [0.15, 0.2) is 4.99 Å². The first-order valence-electron chi connectivity index (χ1n) is 7.44. The first-order chi connectivity index (χ1) is 10.1. The van der Waals surface area contributed by atoms with E-state index in [1.165, 1.54) is 7.11 Å². The first kappa shape index (κ1) is 19.3. The summed E-state index contributed by atoms with van der Waals surface area (Å²) in [5.74, 6) is 0.819. The molecule has 0 unspecified atom stereocenters. The second-order valence-electron chi connectivity index (χ2n) is 6.10. The lowest BCUT2D eigenvalue weighted by atomic mass is 9.89. The summed E-state index contributed by atoms with van der Waals surface area (Å²) in [4.78, 5) is 17.4. The number of hydrogen-bond acceptors (Lipinski definition) is 4. The van der Waals surface area contributed by atoms with Crippen molar-refractivity contribution in [3.05, 3.63) is 0 Å². The van der Waals surface area contributed by atoms with Crippen LogP contribution in [0.25, 0.3) is 0 Å². The van der Waals surface area contributed by atoms with Gasteiger partial charge in [-0.2, -0.15) is 0 Å². The molecule has 22 heavy (non-hydrogen) atoms. The van der Waals surface area contributed by atoms with Gasteiger partial charge < -0.3 is 25.0 Å². The van der Waals surface area contributed by atoms with E-state index >= 15 is 0 Å². The fourth-order valence-corrected chi connectivity index (χ4v) is 2.57. The summed E-state index contributed by atoms with van der Waals surface area (Å²) in [6.45, 7) is 6.09. The average Bonchev–Trinajstić information content (AvgIpc) is 2.49. The molecule has 0 aliphatic carbocycles. The van der Waals surface area contributed by atoms with Crippen molar-refractivity contribution in [2.45, 2.75) is 25.8 Å². The van der Waals surface area contributed by atoms with Crippen LogP contribution in [0.1, 0.15) is 19.8 Å². The average molecular weight is 426 g/mol. The van der Waals surface area contributed by atoms with Crippen molar-refractivity contribution in [1.82, 2.24) is 15.5 Å². The molecule has 0 radical (unpaired) electrons. The number of nitrogens with zero attached hydrogens (tertiary/aromatic N) is 2. The summed E-state index contributed by atoms with van der Waals surface area (Å²) in [6.07, 6.45) is 1.56. The molecule has 0 spiro atoms. The molecule has 0 aromatic carbocycles. The highest BCUT2D eigenvalue weighted by Gasteiger charge is 2.33. The van der Waals surface area contributed by atoms with Crippen LogP contribution < -0.4 is 10.6 Å². The first-order valence-corrected chi connectivity index (χ1v) is 7.44. The van der Waals surface area contributed by atoms with Gasteiger partial charge >= 0.3 is 6.09 Å². The van der Waals surface area contributed by atoms with Gasteiger partial charge in [-0.05, 0) is 12.8 Å². The molecular weight excluding hydrogens is 399 g/mol. The van der Waals surface area contributed by atoms with E-state index in [9.17, 15) is 4.79 Å². The van der Waals surface area contributed by atoms with Crippen molar-refractivity contribution in [1.29, 1.82) is 0 Å². The van der Waals surface area contributed by atoms with Gasteiger partial charge in [-0.15, -0.1) is 24.0 Å². The van der Waals surface area contributed by atoms with Crippen molar-refractivity contribution < 1.29 is 14.3 Å². The molecule has 2 rings (SSSR count). The predicted octanol–water partition coefficient (Wildman–Crippen LogP) is 1.04. The van der Waals surface area contributed by atoms with Crippen LogP contribution in [0.2, 0.25) is 0 Å². The molecule has 0 aromatic heterocycles. The van der Waals surface area contributed by atoms with Gasteiger partial charge in [-0.25, -0.2) is 4.79 Å². The minimum atomic E-state index is -0.242. The molecule has 2 fully saturated rings. The molecule has 2 N–H and O–H groups in total. The summed E-state index contributed by atoms with van der Waals surface area (Å²) in [6, 6.07) is 0.336. The molecule has 2 aliphatic heterocycles. The lowest BCUT2D eigenvalue weighted by Gasteiger charge is -2.39. The van der Waals surface area contributed by atoms with Crippen LogP contribution in [-0.2, 0) is 9.47 Å². The highest BCUT2D eigenvalue weighted by Crippen LogP contribution is 2.25.